The fourth-order valence-corrected chi connectivity index (χ4v) is 2.89. The van der Waals surface area contributed by atoms with Crippen LogP contribution in [0.4, 0.5) is 21.5 Å². The highest BCUT2D eigenvalue weighted by atomic mass is 19.1. The largest absolute Gasteiger partial charge is 0.497 e. The zero-order chi connectivity index (χ0) is 19.6. The Morgan fingerprint density at radius 1 is 1.33 bits per heavy atom. The van der Waals surface area contributed by atoms with Crippen molar-refractivity contribution in [2.75, 3.05) is 23.9 Å². The van der Waals surface area contributed by atoms with E-state index in [1.165, 1.54) is 18.1 Å². The first-order chi connectivity index (χ1) is 12.9. The van der Waals surface area contributed by atoms with Gasteiger partial charge in [-0.1, -0.05) is 6.07 Å². The highest BCUT2D eigenvalue weighted by molar-refractivity contribution is 6.03. The highest BCUT2D eigenvalue weighted by Gasteiger charge is 2.35. The van der Waals surface area contributed by atoms with Crippen molar-refractivity contribution < 1.29 is 23.6 Å². The molecule has 0 aromatic heterocycles. The van der Waals surface area contributed by atoms with Crippen molar-refractivity contribution in [3.8, 4) is 5.75 Å². The number of halogens is 1. The minimum absolute atomic E-state index is 0.00628. The molecule has 0 aliphatic carbocycles. The van der Waals surface area contributed by atoms with Crippen molar-refractivity contribution in [3.63, 3.8) is 0 Å². The number of nitrogens with zero attached hydrogens (tertiary/aromatic N) is 2. The SMILES string of the molecule is COc1cccc(N2C[C@H](C(=O)Nc3ccc(F)c([N+](=O)[O-])c3)CC2=O)c1. The Labute approximate surface area is 153 Å². The second kappa shape index (κ2) is 7.40. The summed E-state index contributed by atoms with van der Waals surface area (Å²) in [6.45, 7) is 0.168. The smallest absolute Gasteiger partial charge is 0.306 e. The summed E-state index contributed by atoms with van der Waals surface area (Å²) in [4.78, 5) is 36.2. The van der Waals surface area contributed by atoms with Crippen LogP contribution in [0.15, 0.2) is 42.5 Å². The fourth-order valence-electron chi connectivity index (χ4n) is 2.89. The first-order valence-electron chi connectivity index (χ1n) is 8.08. The molecule has 1 heterocycles. The maximum Gasteiger partial charge on any atom is 0.306 e. The number of carbonyl (C=O) groups is 2. The van der Waals surface area contributed by atoms with E-state index in [1.54, 1.807) is 24.3 Å². The van der Waals surface area contributed by atoms with Crippen LogP contribution in [0.5, 0.6) is 5.75 Å². The van der Waals surface area contributed by atoms with Gasteiger partial charge in [-0.3, -0.25) is 19.7 Å². The second-order valence-electron chi connectivity index (χ2n) is 6.02. The monoisotopic (exact) mass is 373 g/mol. The standard InChI is InChI=1S/C18H16FN3O5/c1-27-14-4-2-3-13(9-14)21-10-11(7-17(21)23)18(24)20-12-5-6-15(19)16(8-12)22(25)26/h2-6,8-9,11H,7,10H2,1H3,(H,20,24)/t11-/m1/s1. The number of ether oxygens (including phenoxy) is 1. The van der Waals surface area contributed by atoms with Crippen LogP contribution >= 0.6 is 0 Å². The maximum absolute atomic E-state index is 13.4. The van der Waals surface area contributed by atoms with E-state index in [2.05, 4.69) is 5.32 Å². The molecule has 9 heteroatoms. The van der Waals surface area contributed by atoms with Crippen LogP contribution in [0.2, 0.25) is 0 Å². The van der Waals surface area contributed by atoms with Gasteiger partial charge in [0.1, 0.15) is 5.75 Å². The first-order valence-corrected chi connectivity index (χ1v) is 8.08. The Morgan fingerprint density at radius 3 is 2.81 bits per heavy atom. The molecule has 8 nitrogen and oxygen atoms in total. The van der Waals surface area contributed by atoms with Crippen LogP contribution in [0, 0.1) is 21.8 Å². The summed E-state index contributed by atoms with van der Waals surface area (Å²) in [7, 11) is 1.52. The van der Waals surface area contributed by atoms with Crippen LogP contribution < -0.4 is 15.0 Å². The van der Waals surface area contributed by atoms with Crippen molar-refractivity contribution in [2.45, 2.75) is 6.42 Å². The van der Waals surface area contributed by atoms with Crippen molar-refractivity contribution in [3.05, 3.63) is 58.4 Å². The van der Waals surface area contributed by atoms with E-state index in [1.807, 2.05) is 0 Å². The number of nitrogens with one attached hydrogen (secondary N) is 1. The quantitative estimate of drug-likeness (QED) is 0.641. The van der Waals surface area contributed by atoms with Gasteiger partial charge in [0.15, 0.2) is 0 Å². The molecule has 0 bridgehead atoms. The summed E-state index contributed by atoms with van der Waals surface area (Å²) >= 11 is 0. The summed E-state index contributed by atoms with van der Waals surface area (Å²) in [5, 5.41) is 13.3. The number of anilines is 2. The van der Waals surface area contributed by atoms with Crippen molar-refractivity contribution in [1.82, 2.24) is 0 Å². The third-order valence-corrected chi connectivity index (χ3v) is 4.27. The maximum atomic E-state index is 13.4. The Hall–Kier alpha value is -3.49. The molecule has 0 saturated carbocycles. The third-order valence-electron chi connectivity index (χ3n) is 4.27. The van der Waals surface area contributed by atoms with Gasteiger partial charge in [-0.15, -0.1) is 0 Å². The molecule has 0 unspecified atom stereocenters. The van der Waals surface area contributed by atoms with Gasteiger partial charge in [0.05, 0.1) is 18.0 Å². The molecule has 2 amide bonds. The number of nitro benzene ring substituents is 1. The topological polar surface area (TPSA) is 102 Å². The van der Waals surface area contributed by atoms with Gasteiger partial charge in [-0.25, -0.2) is 0 Å². The molecule has 2 aromatic rings. The zero-order valence-electron chi connectivity index (χ0n) is 14.3. The lowest BCUT2D eigenvalue weighted by Crippen LogP contribution is -2.28. The summed E-state index contributed by atoms with van der Waals surface area (Å²) in [5.41, 5.74) is -0.0132. The van der Waals surface area contributed by atoms with E-state index in [0.717, 1.165) is 12.1 Å². The molecule has 2 aromatic carbocycles. The lowest BCUT2D eigenvalue weighted by Gasteiger charge is -2.17. The summed E-state index contributed by atoms with van der Waals surface area (Å²) in [6.07, 6.45) is 0.00628. The van der Waals surface area contributed by atoms with Crippen LogP contribution in [0.1, 0.15) is 6.42 Å². The third kappa shape index (κ3) is 3.86. The van der Waals surface area contributed by atoms with Crippen LogP contribution in [0.25, 0.3) is 0 Å². The summed E-state index contributed by atoms with van der Waals surface area (Å²) < 4.78 is 18.5. The molecular formula is C18H16FN3O5. The van der Waals surface area contributed by atoms with Crippen LogP contribution in [0.3, 0.4) is 0 Å². The molecule has 3 rings (SSSR count). The lowest BCUT2D eigenvalue weighted by atomic mass is 10.1. The Kier molecular flexibility index (Phi) is 5.02. The van der Waals surface area contributed by atoms with E-state index < -0.39 is 28.3 Å². The average molecular weight is 373 g/mol. The number of rotatable bonds is 5. The Bertz CT molecular complexity index is 918. The number of methoxy groups -OCH3 is 1. The molecule has 1 saturated heterocycles. The average Bonchev–Trinajstić information content (AvgIpc) is 3.05. The Balaban J connectivity index is 1.72. The fraction of sp³-hybridized carbons (Fsp3) is 0.222. The first kappa shape index (κ1) is 18.3. The number of benzene rings is 2. The molecule has 27 heavy (non-hydrogen) atoms. The Morgan fingerprint density at radius 2 is 2.11 bits per heavy atom. The molecule has 1 aliphatic heterocycles. The van der Waals surface area contributed by atoms with E-state index in [9.17, 15) is 24.1 Å². The minimum atomic E-state index is -0.988. The van der Waals surface area contributed by atoms with Crippen molar-refractivity contribution in [1.29, 1.82) is 0 Å². The molecule has 1 atom stereocenters. The van der Waals surface area contributed by atoms with E-state index in [-0.39, 0.29) is 24.6 Å². The summed E-state index contributed by atoms with van der Waals surface area (Å²) in [6, 6.07) is 10.0. The van der Waals surface area contributed by atoms with Gasteiger partial charge in [-0.05, 0) is 24.3 Å². The highest BCUT2D eigenvalue weighted by Crippen LogP contribution is 2.29. The van der Waals surface area contributed by atoms with Crippen LogP contribution in [-0.4, -0.2) is 30.4 Å². The molecule has 1 aliphatic rings. The number of hydrogen-bond acceptors (Lipinski definition) is 5. The number of amides is 2. The van der Waals surface area contributed by atoms with Gasteiger partial charge in [0, 0.05) is 36.5 Å². The minimum Gasteiger partial charge on any atom is -0.497 e. The van der Waals surface area contributed by atoms with E-state index in [4.69, 9.17) is 4.74 Å². The predicted molar refractivity (Wildman–Crippen MR) is 95.1 cm³/mol. The molecule has 140 valence electrons. The van der Waals surface area contributed by atoms with Crippen molar-refractivity contribution >= 4 is 28.9 Å². The normalized spacial score (nSPS) is 16.3. The van der Waals surface area contributed by atoms with E-state index in [0.29, 0.717) is 11.4 Å². The number of hydrogen-bond donors (Lipinski definition) is 1. The molecular weight excluding hydrogens is 357 g/mol. The molecule has 0 radical (unpaired) electrons. The van der Waals surface area contributed by atoms with Crippen LogP contribution in [-0.2, 0) is 9.59 Å². The number of carbonyl (C=O) groups excluding carboxylic acids is 2. The van der Waals surface area contributed by atoms with Crippen molar-refractivity contribution in [2.24, 2.45) is 5.92 Å². The van der Waals surface area contributed by atoms with E-state index >= 15 is 0 Å². The predicted octanol–water partition coefficient (Wildman–Crippen LogP) is 2.73. The zero-order valence-corrected chi connectivity index (χ0v) is 14.3. The summed E-state index contributed by atoms with van der Waals surface area (Å²) in [5.74, 6) is -1.71. The molecule has 0 spiro atoms. The van der Waals surface area contributed by atoms with Gasteiger partial charge in [0.25, 0.3) is 0 Å². The lowest BCUT2D eigenvalue weighted by molar-refractivity contribution is -0.387. The van der Waals surface area contributed by atoms with Gasteiger partial charge < -0.3 is 15.0 Å². The molecule has 1 fully saturated rings. The number of nitro groups is 1. The van der Waals surface area contributed by atoms with Gasteiger partial charge in [-0.2, -0.15) is 4.39 Å². The van der Waals surface area contributed by atoms with Gasteiger partial charge in [0.2, 0.25) is 17.6 Å². The van der Waals surface area contributed by atoms with Gasteiger partial charge >= 0.3 is 5.69 Å². The molecule has 1 N–H and O–H groups in total. The second-order valence-corrected chi connectivity index (χ2v) is 6.02.